The highest BCUT2D eigenvalue weighted by molar-refractivity contribution is 9.10. The van der Waals surface area contributed by atoms with E-state index in [0.29, 0.717) is 11.3 Å². The molecule has 0 amide bonds. The van der Waals surface area contributed by atoms with E-state index in [9.17, 15) is 8.78 Å². The Balaban J connectivity index is 1.95. The van der Waals surface area contributed by atoms with E-state index in [0.717, 1.165) is 53.4 Å². The zero-order valence-corrected chi connectivity index (χ0v) is 15.0. The SMILES string of the molecule is Fc1ccc(-c2nn(-c3ccccc3Br)c3c2CCCCN3)c(F)c1. The Morgan fingerprint density at radius 2 is 1.92 bits per heavy atom. The molecule has 0 bridgehead atoms. The third-order valence-electron chi connectivity index (χ3n) is 4.40. The van der Waals surface area contributed by atoms with Gasteiger partial charge < -0.3 is 5.32 Å². The Hall–Kier alpha value is -2.21. The van der Waals surface area contributed by atoms with E-state index < -0.39 is 11.6 Å². The molecule has 0 aliphatic carbocycles. The van der Waals surface area contributed by atoms with Crippen LogP contribution in [0, 0.1) is 11.6 Å². The van der Waals surface area contributed by atoms with Crippen LogP contribution in [0.25, 0.3) is 16.9 Å². The van der Waals surface area contributed by atoms with Gasteiger partial charge in [-0.25, -0.2) is 13.5 Å². The fraction of sp³-hybridized carbons (Fsp3) is 0.211. The normalized spacial score (nSPS) is 13.9. The second kappa shape index (κ2) is 6.59. The molecule has 0 fully saturated rings. The maximum absolute atomic E-state index is 14.4. The molecule has 0 saturated carbocycles. The van der Waals surface area contributed by atoms with Crippen LogP contribution in [0.3, 0.4) is 0 Å². The maximum atomic E-state index is 14.4. The van der Waals surface area contributed by atoms with Gasteiger partial charge in [-0.1, -0.05) is 12.1 Å². The van der Waals surface area contributed by atoms with Crippen molar-refractivity contribution in [2.24, 2.45) is 0 Å². The number of anilines is 1. The number of hydrogen-bond donors (Lipinski definition) is 1. The number of halogens is 3. The molecule has 1 N–H and O–H groups in total. The predicted octanol–water partition coefficient (Wildman–Crippen LogP) is 5.33. The number of rotatable bonds is 2. The monoisotopic (exact) mass is 403 g/mol. The summed E-state index contributed by atoms with van der Waals surface area (Å²) < 4.78 is 30.4. The van der Waals surface area contributed by atoms with Crippen molar-refractivity contribution in [3.63, 3.8) is 0 Å². The summed E-state index contributed by atoms with van der Waals surface area (Å²) in [5, 5.41) is 8.11. The van der Waals surface area contributed by atoms with E-state index >= 15 is 0 Å². The van der Waals surface area contributed by atoms with E-state index in [4.69, 9.17) is 0 Å². The highest BCUT2D eigenvalue weighted by Crippen LogP contribution is 2.36. The number of nitrogens with one attached hydrogen (secondary N) is 1. The van der Waals surface area contributed by atoms with Crippen molar-refractivity contribution in [1.82, 2.24) is 9.78 Å². The highest BCUT2D eigenvalue weighted by atomic mass is 79.9. The molecule has 0 atom stereocenters. The zero-order chi connectivity index (χ0) is 17.4. The van der Waals surface area contributed by atoms with Crippen LogP contribution in [0.2, 0.25) is 0 Å². The first-order valence-corrected chi connectivity index (χ1v) is 9.00. The van der Waals surface area contributed by atoms with Gasteiger partial charge in [0.25, 0.3) is 0 Å². The number of aromatic nitrogens is 2. The van der Waals surface area contributed by atoms with E-state index in [1.54, 1.807) is 0 Å². The smallest absolute Gasteiger partial charge is 0.135 e. The van der Waals surface area contributed by atoms with Gasteiger partial charge in [-0.15, -0.1) is 0 Å². The van der Waals surface area contributed by atoms with Crippen molar-refractivity contribution in [2.75, 3.05) is 11.9 Å². The van der Waals surface area contributed by atoms with Crippen LogP contribution >= 0.6 is 15.9 Å². The second-order valence-electron chi connectivity index (χ2n) is 6.05. The van der Waals surface area contributed by atoms with Crippen LogP contribution < -0.4 is 5.32 Å². The summed E-state index contributed by atoms with van der Waals surface area (Å²) in [7, 11) is 0. The minimum Gasteiger partial charge on any atom is -0.370 e. The number of hydrogen-bond acceptors (Lipinski definition) is 2. The van der Waals surface area contributed by atoms with Gasteiger partial charge in [-0.05, 0) is 59.5 Å². The molecule has 1 aliphatic rings. The molecule has 0 saturated heterocycles. The van der Waals surface area contributed by atoms with Gasteiger partial charge in [0.2, 0.25) is 0 Å². The van der Waals surface area contributed by atoms with Gasteiger partial charge in [0, 0.05) is 28.2 Å². The molecule has 6 heteroatoms. The molecule has 0 unspecified atom stereocenters. The van der Waals surface area contributed by atoms with Crippen molar-refractivity contribution in [3.8, 4) is 16.9 Å². The van der Waals surface area contributed by atoms with Gasteiger partial charge in [0.1, 0.15) is 23.1 Å². The van der Waals surface area contributed by atoms with E-state index in [-0.39, 0.29) is 0 Å². The fourth-order valence-corrected chi connectivity index (χ4v) is 3.65. The van der Waals surface area contributed by atoms with Crippen molar-refractivity contribution >= 4 is 21.7 Å². The third-order valence-corrected chi connectivity index (χ3v) is 5.07. The standard InChI is InChI=1S/C19H16BrF2N3/c20-15-6-1-2-7-17(15)25-19-14(5-3-4-10-23-19)18(24-25)13-9-8-12(21)11-16(13)22/h1-2,6-9,11,23H,3-5,10H2. The molecule has 0 spiro atoms. The number of benzene rings is 2. The van der Waals surface area contributed by atoms with Crippen molar-refractivity contribution in [1.29, 1.82) is 0 Å². The molecule has 4 rings (SSSR count). The summed E-state index contributed by atoms with van der Waals surface area (Å²) in [5.74, 6) is -0.303. The molecular weight excluding hydrogens is 388 g/mol. The van der Waals surface area contributed by atoms with Gasteiger partial charge in [0.05, 0.1) is 5.69 Å². The van der Waals surface area contributed by atoms with Crippen LogP contribution in [0.1, 0.15) is 18.4 Å². The van der Waals surface area contributed by atoms with Crippen molar-refractivity contribution in [3.05, 3.63) is 64.1 Å². The summed E-state index contributed by atoms with van der Waals surface area (Å²) in [4.78, 5) is 0. The lowest BCUT2D eigenvalue weighted by atomic mass is 10.0. The third kappa shape index (κ3) is 2.95. The Labute approximate surface area is 152 Å². The average molecular weight is 404 g/mol. The molecule has 3 aromatic rings. The summed E-state index contributed by atoms with van der Waals surface area (Å²) in [6.45, 7) is 0.842. The predicted molar refractivity (Wildman–Crippen MR) is 98.0 cm³/mol. The maximum Gasteiger partial charge on any atom is 0.135 e. The Morgan fingerprint density at radius 3 is 2.72 bits per heavy atom. The highest BCUT2D eigenvalue weighted by Gasteiger charge is 2.24. The lowest BCUT2D eigenvalue weighted by molar-refractivity contribution is 0.585. The number of para-hydroxylation sites is 1. The average Bonchev–Trinajstić information content (AvgIpc) is 2.78. The summed E-state index contributed by atoms with van der Waals surface area (Å²) in [6, 6.07) is 11.4. The van der Waals surface area contributed by atoms with Crippen LogP contribution in [0.4, 0.5) is 14.6 Å². The topological polar surface area (TPSA) is 29.9 Å². The molecule has 0 radical (unpaired) electrons. The van der Waals surface area contributed by atoms with Gasteiger partial charge in [-0.3, -0.25) is 0 Å². The molecule has 2 heterocycles. The first-order valence-electron chi connectivity index (χ1n) is 8.21. The zero-order valence-electron chi connectivity index (χ0n) is 13.4. The first kappa shape index (κ1) is 16.3. The minimum atomic E-state index is -0.594. The Kier molecular flexibility index (Phi) is 4.29. The van der Waals surface area contributed by atoms with E-state index in [1.807, 2.05) is 28.9 Å². The van der Waals surface area contributed by atoms with E-state index in [2.05, 4.69) is 26.3 Å². The Bertz CT molecular complexity index is 936. The molecule has 128 valence electrons. The molecule has 3 nitrogen and oxygen atoms in total. The summed E-state index contributed by atoms with van der Waals surface area (Å²) >= 11 is 3.56. The number of fused-ring (bicyclic) bond motifs is 1. The molecule has 1 aliphatic heterocycles. The van der Waals surface area contributed by atoms with Crippen molar-refractivity contribution < 1.29 is 8.78 Å². The summed E-state index contributed by atoms with van der Waals surface area (Å²) in [5.41, 5.74) is 2.74. The fourth-order valence-electron chi connectivity index (χ4n) is 3.20. The van der Waals surface area contributed by atoms with E-state index in [1.165, 1.54) is 12.1 Å². The molecular formula is C19H16BrF2N3. The van der Waals surface area contributed by atoms with Gasteiger partial charge >= 0.3 is 0 Å². The lowest BCUT2D eigenvalue weighted by Gasteiger charge is -2.10. The van der Waals surface area contributed by atoms with Crippen molar-refractivity contribution in [2.45, 2.75) is 19.3 Å². The molecule has 1 aromatic heterocycles. The second-order valence-corrected chi connectivity index (χ2v) is 6.90. The summed E-state index contributed by atoms with van der Waals surface area (Å²) in [6.07, 6.45) is 2.84. The van der Waals surface area contributed by atoms with Crippen LogP contribution in [-0.2, 0) is 6.42 Å². The van der Waals surface area contributed by atoms with Crippen LogP contribution in [0.5, 0.6) is 0 Å². The van der Waals surface area contributed by atoms with Gasteiger partial charge in [0.15, 0.2) is 0 Å². The Morgan fingerprint density at radius 1 is 1.08 bits per heavy atom. The van der Waals surface area contributed by atoms with Crippen LogP contribution in [0.15, 0.2) is 46.9 Å². The number of nitrogens with zero attached hydrogens (tertiary/aromatic N) is 2. The van der Waals surface area contributed by atoms with Crippen LogP contribution in [-0.4, -0.2) is 16.3 Å². The lowest BCUT2D eigenvalue weighted by Crippen LogP contribution is -2.07. The largest absolute Gasteiger partial charge is 0.370 e. The quantitative estimate of drug-likeness (QED) is 0.626. The first-order chi connectivity index (χ1) is 12.1. The minimum absolute atomic E-state index is 0.326. The van der Waals surface area contributed by atoms with Gasteiger partial charge in [-0.2, -0.15) is 5.10 Å². The molecule has 25 heavy (non-hydrogen) atoms. The molecule has 2 aromatic carbocycles.